The monoisotopic (exact) mass is 406 g/mol. The topological polar surface area (TPSA) is 78.9 Å². The summed E-state index contributed by atoms with van der Waals surface area (Å²) in [5.74, 6) is -0.0512. The molecule has 1 atom stereocenters. The van der Waals surface area contributed by atoms with Crippen LogP contribution in [0, 0.1) is 0 Å². The van der Waals surface area contributed by atoms with E-state index in [0.717, 1.165) is 12.8 Å². The fourth-order valence-corrected chi connectivity index (χ4v) is 4.68. The third kappa shape index (κ3) is 5.25. The molecular weight excluding hydrogens is 380 g/mol. The van der Waals surface area contributed by atoms with Crippen LogP contribution in [0.15, 0.2) is 53.4 Å². The van der Waals surface area contributed by atoms with Crippen LogP contribution in [0.4, 0.5) is 0 Å². The molecule has 2 rings (SSSR count). The van der Waals surface area contributed by atoms with E-state index in [2.05, 4.69) is 0 Å². The zero-order valence-corrected chi connectivity index (χ0v) is 17.2. The van der Waals surface area contributed by atoms with Gasteiger partial charge in [-0.2, -0.15) is 0 Å². The lowest BCUT2D eigenvalue weighted by atomic mass is 10.1. The summed E-state index contributed by atoms with van der Waals surface area (Å²) in [5, 5.41) is -1.26. The van der Waals surface area contributed by atoms with E-state index >= 15 is 0 Å². The fourth-order valence-electron chi connectivity index (χ4n) is 2.99. The smallest absolute Gasteiger partial charge is 0.324 e. The van der Waals surface area contributed by atoms with E-state index in [9.17, 15) is 13.2 Å². The summed E-state index contributed by atoms with van der Waals surface area (Å²) in [6.07, 6.45) is 2.38. The van der Waals surface area contributed by atoms with Gasteiger partial charge in [-0.1, -0.05) is 36.8 Å². The Bertz CT molecular complexity index is 877. The summed E-state index contributed by atoms with van der Waals surface area (Å²) < 4.78 is 41.2. The lowest BCUT2D eigenvalue weighted by molar-refractivity contribution is -0.140. The van der Waals surface area contributed by atoms with Crippen LogP contribution in [-0.4, -0.2) is 41.0 Å². The molecule has 0 aliphatic heterocycles. The first-order chi connectivity index (χ1) is 13.4. The van der Waals surface area contributed by atoms with Crippen molar-refractivity contribution in [2.75, 3.05) is 21.3 Å². The number of aryl methyl sites for hydroxylation is 1. The van der Waals surface area contributed by atoms with Crippen LogP contribution in [0.2, 0.25) is 0 Å². The van der Waals surface area contributed by atoms with E-state index in [1.807, 2.05) is 30.3 Å². The van der Waals surface area contributed by atoms with Crippen molar-refractivity contribution in [3.05, 3.63) is 54.1 Å². The number of unbranched alkanes of at least 4 members (excludes halogenated alkanes) is 1. The third-order valence-electron chi connectivity index (χ3n) is 4.55. The largest absolute Gasteiger partial charge is 0.493 e. The number of methoxy groups -OCH3 is 3. The van der Waals surface area contributed by atoms with Gasteiger partial charge in [0.15, 0.2) is 26.6 Å². The highest BCUT2D eigenvalue weighted by Crippen LogP contribution is 2.32. The van der Waals surface area contributed by atoms with Gasteiger partial charge in [-0.25, -0.2) is 8.42 Å². The molecule has 0 amide bonds. The molecule has 0 spiro atoms. The minimum Gasteiger partial charge on any atom is -0.493 e. The summed E-state index contributed by atoms with van der Waals surface area (Å²) in [7, 11) is 0.167. The van der Waals surface area contributed by atoms with Crippen molar-refractivity contribution in [1.82, 2.24) is 0 Å². The molecule has 0 radical (unpaired) electrons. The maximum absolute atomic E-state index is 13.1. The summed E-state index contributed by atoms with van der Waals surface area (Å²) >= 11 is 0. The normalized spacial score (nSPS) is 12.2. The molecule has 0 fully saturated rings. The summed E-state index contributed by atoms with van der Waals surface area (Å²) in [6.45, 7) is 0. The maximum Gasteiger partial charge on any atom is 0.324 e. The predicted octanol–water partition coefficient (Wildman–Crippen LogP) is 3.43. The first kappa shape index (κ1) is 21.8. The van der Waals surface area contributed by atoms with Gasteiger partial charge in [0.2, 0.25) is 0 Å². The Morgan fingerprint density at radius 3 is 2.21 bits per heavy atom. The Morgan fingerprint density at radius 2 is 1.61 bits per heavy atom. The van der Waals surface area contributed by atoms with E-state index in [4.69, 9.17) is 14.2 Å². The number of rotatable bonds is 10. The standard InChI is InChI=1S/C21H26O6S/c1-25-18-14-13-17(15-19(18)26-2)28(23,24)20(21(22)27-3)12-8-7-11-16-9-5-4-6-10-16/h4-6,9-10,13-15,20H,7-8,11-12H2,1-3H3. The second kappa shape index (κ2) is 10.1. The van der Waals surface area contributed by atoms with Gasteiger partial charge in [-0.3, -0.25) is 4.79 Å². The molecule has 152 valence electrons. The van der Waals surface area contributed by atoms with Crippen LogP contribution in [-0.2, 0) is 25.8 Å². The number of hydrogen-bond donors (Lipinski definition) is 0. The molecule has 2 aromatic carbocycles. The van der Waals surface area contributed by atoms with E-state index in [1.165, 1.54) is 45.1 Å². The van der Waals surface area contributed by atoms with E-state index in [-0.39, 0.29) is 17.1 Å². The highest BCUT2D eigenvalue weighted by atomic mass is 32.2. The average molecular weight is 407 g/mol. The Labute approximate surface area is 166 Å². The van der Waals surface area contributed by atoms with Gasteiger partial charge in [0.1, 0.15) is 0 Å². The van der Waals surface area contributed by atoms with Crippen LogP contribution in [0.3, 0.4) is 0 Å². The van der Waals surface area contributed by atoms with Gasteiger partial charge in [0.05, 0.1) is 26.2 Å². The van der Waals surface area contributed by atoms with Crippen molar-refractivity contribution in [3.63, 3.8) is 0 Å². The number of sulfone groups is 1. The molecule has 0 aromatic heterocycles. The summed E-state index contributed by atoms with van der Waals surface area (Å²) in [6, 6.07) is 14.2. The third-order valence-corrected chi connectivity index (χ3v) is 6.64. The molecule has 0 saturated carbocycles. The quantitative estimate of drug-likeness (QED) is 0.444. The number of carbonyl (C=O) groups is 1. The van der Waals surface area contributed by atoms with Crippen molar-refractivity contribution >= 4 is 15.8 Å². The molecule has 0 N–H and O–H groups in total. The Morgan fingerprint density at radius 1 is 0.929 bits per heavy atom. The molecule has 1 unspecified atom stereocenters. The number of esters is 1. The van der Waals surface area contributed by atoms with Gasteiger partial charge in [-0.15, -0.1) is 0 Å². The van der Waals surface area contributed by atoms with E-state index in [1.54, 1.807) is 0 Å². The number of ether oxygens (including phenoxy) is 3. The SMILES string of the molecule is COC(=O)C(CCCCc1ccccc1)S(=O)(=O)c1ccc(OC)c(OC)c1. The molecule has 28 heavy (non-hydrogen) atoms. The molecule has 0 heterocycles. The van der Waals surface area contributed by atoms with Crippen LogP contribution < -0.4 is 9.47 Å². The Hall–Kier alpha value is -2.54. The van der Waals surface area contributed by atoms with Gasteiger partial charge in [0.25, 0.3) is 0 Å². The van der Waals surface area contributed by atoms with Crippen LogP contribution >= 0.6 is 0 Å². The molecule has 0 aliphatic carbocycles. The second-order valence-corrected chi connectivity index (χ2v) is 8.44. The van der Waals surface area contributed by atoms with Crippen molar-refractivity contribution in [2.45, 2.75) is 35.8 Å². The van der Waals surface area contributed by atoms with Crippen LogP contribution in [0.1, 0.15) is 24.8 Å². The molecule has 0 aliphatic rings. The fraction of sp³-hybridized carbons (Fsp3) is 0.381. The first-order valence-corrected chi connectivity index (χ1v) is 10.6. The number of benzene rings is 2. The maximum atomic E-state index is 13.1. The second-order valence-electron chi connectivity index (χ2n) is 6.30. The molecule has 6 nitrogen and oxygen atoms in total. The van der Waals surface area contributed by atoms with Crippen molar-refractivity contribution in [2.24, 2.45) is 0 Å². The molecule has 0 saturated heterocycles. The molecule has 0 bridgehead atoms. The van der Waals surface area contributed by atoms with Crippen LogP contribution in [0.25, 0.3) is 0 Å². The lowest BCUT2D eigenvalue weighted by Crippen LogP contribution is -2.31. The summed E-state index contributed by atoms with van der Waals surface area (Å²) in [4.78, 5) is 12.2. The molecule has 2 aromatic rings. The number of carbonyl (C=O) groups excluding carboxylic acids is 1. The Kier molecular flexibility index (Phi) is 7.87. The molecular formula is C21H26O6S. The van der Waals surface area contributed by atoms with E-state index in [0.29, 0.717) is 12.2 Å². The summed E-state index contributed by atoms with van der Waals surface area (Å²) in [5.41, 5.74) is 1.18. The highest BCUT2D eigenvalue weighted by molar-refractivity contribution is 7.92. The van der Waals surface area contributed by atoms with Gasteiger partial charge in [-0.05, 0) is 37.0 Å². The minimum atomic E-state index is -3.93. The van der Waals surface area contributed by atoms with Gasteiger partial charge < -0.3 is 14.2 Å². The van der Waals surface area contributed by atoms with Crippen LogP contribution in [0.5, 0.6) is 11.5 Å². The van der Waals surface area contributed by atoms with Gasteiger partial charge in [0, 0.05) is 6.07 Å². The molecule has 7 heteroatoms. The van der Waals surface area contributed by atoms with Crippen molar-refractivity contribution in [3.8, 4) is 11.5 Å². The zero-order chi connectivity index (χ0) is 20.6. The number of hydrogen-bond acceptors (Lipinski definition) is 6. The lowest BCUT2D eigenvalue weighted by Gasteiger charge is -2.17. The van der Waals surface area contributed by atoms with Crippen molar-refractivity contribution < 1.29 is 27.4 Å². The Balaban J connectivity index is 2.15. The average Bonchev–Trinajstić information content (AvgIpc) is 2.73. The minimum absolute atomic E-state index is 0.00334. The predicted molar refractivity (Wildman–Crippen MR) is 107 cm³/mol. The van der Waals surface area contributed by atoms with Gasteiger partial charge >= 0.3 is 5.97 Å². The van der Waals surface area contributed by atoms with Crippen molar-refractivity contribution in [1.29, 1.82) is 0 Å². The zero-order valence-electron chi connectivity index (χ0n) is 16.4. The first-order valence-electron chi connectivity index (χ1n) is 9.01. The highest BCUT2D eigenvalue weighted by Gasteiger charge is 2.35. The van der Waals surface area contributed by atoms with E-state index < -0.39 is 21.1 Å².